The average Bonchev–Trinajstić information content (AvgIpc) is 2.96. The minimum atomic E-state index is -0.632. The van der Waals surface area contributed by atoms with Crippen LogP contribution in [0.1, 0.15) is 81.7 Å². The smallest absolute Gasteiger partial charge is 0.320 e. The van der Waals surface area contributed by atoms with Crippen LogP contribution in [0, 0.1) is 6.92 Å². The quantitative estimate of drug-likeness (QED) is 0.209. The lowest BCUT2D eigenvalue weighted by molar-refractivity contribution is -0.158. The predicted octanol–water partition coefficient (Wildman–Crippen LogP) is 3.11. The highest BCUT2D eigenvalue weighted by atomic mass is 16.6. The third-order valence-corrected chi connectivity index (χ3v) is 6.86. The van der Waals surface area contributed by atoms with E-state index in [1.54, 1.807) is 12.3 Å². The zero-order valence-electron chi connectivity index (χ0n) is 32.8. The number of carbonyl (C=O) groups is 4. The number of aryl methyl sites for hydroxylation is 1. The maximum absolute atomic E-state index is 13.0. The van der Waals surface area contributed by atoms with E-state index in [-0.39, 0.29) is 50.0 Å². The van der Waals surface area contributed by atoms with Gasteiger partial charge in [0.2, 0.25) is 0 Å². The minimum Gasteiger partial charge on any atom is -0.459 e. The van der Waals surface area contributed by atoms with Crippen molar-refractivity contribution < 1.29 is 33.4 Å². The molecule has 14 nitrogen and oxygen atoms in total. The molecule has 2 heterocycles. The molecule has 0 bridgehead atoms. The zero-order valence-corrected chi connectivity index (χ0v) is 32.8. The summed E-state index contributed by atoms with van der Waals surface area (Å²) in [6.45, 7) is 26.4. The maximum atomic E-state index is 13.0. The van der Waals surface area contributed by atoms with E-state index < -0.39 is 16.8 Å². The van der Waals surface area contributed by atoms with E-state index in [0.717, 1.165) is 5.56 Å². The van der Waals surface area contributed by atoms with Gasteiger partial charge in [0, 0.05) is 58.6 Å². The molecule has 1 aromatic rings. The summed E-state index contributed by atoms with van der Waals surface area (Å²) in [5, 5.41) is 0. The SMILES string of the molecule is CC.Cc1ccc(NNC(=O)CN2CCN(CC(=O)OC(C)(C)C)CCN(CC(=O)OC(C)(C)C)CCN(CC(=O)OC(C)(C)C)CC2)nc1. The number of esters is 3. The Bertz CT molecular complexity index is 1150. The summed E-state index contributed by atoms with van der Waals surface area (Å²) in [6, 6.07) is 3.67. The van der Waals surface area contributed by atoms with E-state index in [1.165, 1.54) is 0 Å². The molecule has 1 fully saturated rings. The number of ether oxygens (including phenoxy) is 3. The molecule has 0 saturated carbocycles. The Morgan fingerprint density at radius 2 is 0.920 bits per heavy atom. The highest BCUT2D eigenvalue weighted by molar-refractivity contribution is 5.79. The number of hydrazine groups is 1. The van der Waals surface area contributed by atoms with E-state index in [0.29, 0.717) is 58.2 Å². The molecule has 0 spiro atoms. The molecule has 1 saturated heterocycles. The Labute approximate surface area is 300 Å². The number of carbonyl (C=O) groups excluding carboxylic acids is 4. The third-order valence-electron chi connectivity index (χ3n) is 6.86. The largest absolute Gasteiger partial charge is 0.459 e. The number of pyridine rings is 1. The van der Waals surface area contributed by atoms with Gasteiger partial charge < -0.3 is 14.2 Å². The molecule has 286 valence electrons. The van der Waals surface area contributed by atoms with Crippen molar-refractivity contribution in [1.82, 2.24) is 30.0 Å². The van der Waals surface area contributed by atoms with Gasteiger partial charge in [-0.15, -0.1) is 0 Å². The summed E-state index contributed by atoms with van der Waals surface area (Å²) >= 11 is 0. The average molecular weight is 708 g/mol. The van der Waals surface area contributed by atoms with Gasteiger partial charge in [-0.1, -0.05) is 19.9 Å². The predicted molar refractivity (Wildman–Crippen MR) is 195 cm³/mol. The fourth-order valence-electron chi connectivity index (χ4n) is 4.80. The van der Waals surface area contributed by atoms with Gasteiger partial charge in [0.25, 0.3) is 5.91 Å². The molecular weight excluding hydrogens is 642 g/mol. The van der Waals surface area contributed by atoms with Crippen molar-refractivity contribution >= 4 is 29.6 Å². The van der Waals surface area contributed by atoms with Crippen LogP contribution in [0.2, 0.25) is 0 Å². The molecule has 0 aromatic carbocycles. The second-order valence-corrected chi connectivity index (χ2v) is 15.3. The molecule has 0 radical (unpaired) electrons. The fraction of sp³-hybridized carbons (Fsp3) is 0.750. The molecule has 1 aliphatic heterocycles. The van der Waals surface area contributed by atoms with Gasteiger partial charge in [0.05, 0.1) is 26.2 Å². The van der Waals surface area contributed by atoms with Crippen molar-refractivity contribution in [2.75, 3.05) is 84.0 Å². The lowest BCUT2D eigenvalue weighted by Gasteiger charge is -2.34. The lowest BCUT2D eigenvalue weighted by atomic mass is 10.2. The molecule has 50 heavy (non-hydrogen) atoms. The standard InChI is InChI=1S/C34H59N7O7.C2H6/c1-26-11-12-27(35-21-26)36-37-28(42)22-38-13-15-39(23-29(43)46-32(2,3)4)17-19-41(25-31(45)48-34(8,9)10)20-18-40(16-14-38)24-30(44)47-33(5,6)7;1-2/h11-12,21H,13-20,22-25H2,1-10H3,(H,35,36)(H,37,42);1-2H3. The molecule has 2 rings (SSSR count). The third kappa shape index (κ3) is 21.7. The van der Waals surface area contributed by atoms with Gasteiger partial charge in [-0.2, -0.15) is 0 Å². The monoisotopic (exact) mass is 707 g/mol. The van der Waals surface area contributed by atoms with Crippen LogP contribution >= 0.6 is 0 Å². The van der Waals surface area contributed by atoms with Crippen LogP contribution in [0.5, 0.6) is 0 Å². The van der Waals surface area contributed by atoms with E-state index in [4.69, 9.17) is 14.2 Å². The molecule has 1 aromatic heterocycles. The first-order valence-corrected chi connectivity index (χ1v) is 17.7. The summed E-state index contributed by atoms with van der Waals surface area (Å²) in [5.41, 5.74) is 4.68. The Hall–Kier alpha value is -3.33. The van der Waals surface area contributed by atoms with E-state index in [1.807, 2.05) is 109 Å². The molecule has 1 aliphatic rings. The number of rotatable bonds is 10. The van der Waals surface area contributed by atoms with Crippen LogP contribution in [-0.2, 0) is 33.4 Å². The van der Waals surface area contributed by atoms with Crippen molar-refractivity contribution in [1.29, 1.82) is 0 Å². The molecule has 14 heteroatoms. The molecular formula is C36H65N7O7. The van der Waals surface area contributed by atoms with Crippen molar-refractivity contribution in [3.63, 3.8) is 0 Å². The summed E-state index contributed by atoms with van der Waals surface area (Å²) in [4.78, 5) is 63.8. The van der Waals surface area contributed by atoms with Gasteiger partial charge in [-0.05, 0) is 80.9 Å². The van der Waals surface area contributed by atoms with Crippen LogP contribution in [0.3, 0.4) is 0 Å². The number of hydrogen-bond acceptors (Lipinski definition) is 13. The van der Waals surface area contributed by atoms with Gasteiger partial charge in [-0.25, -0.2) is 4.98 Å². The first-order chi connectivity index (χ1) is 23.2. The van der Waals surface area contributed by atoms with Crippen LogP contribution in [0.25, 0.3) is 0 Å². The Morgan fingerprint density at radius 3 is 1.20 bits per heavy atom. The summed E-state index contributed by atoms with van der Waals surface area (Å²) in [6.07, 6.45) is 1.71. The number of nitrogens with one attached hydrogen (secondary N) is 2. The van der Waals surface area contributed by atoms with Gasteiger partial charge >= 0.3 is 17.9 Å². The Balaban J connectivity index is 0.00000613. The van der Waals surface area contributed by atoms with E-state index in [9.17, 15) is 19.2 Å². The maximum Gasteiger partial charge on any atom is 0.320 e. The number of nitrogens with zero attached hydrogens (tertiary/aromatic N) is 5. The van der Waals surface area contributed by atoms with E-state index in [2.05, 4.69) is 15.8 Å². The zero-order chi connectivity index (χ0) is 38.1. The number of aromatic nitrogens is 1. The number of amides is 1. The summed E-state index contributed by atoms with van der Waals surface area (Å²) < 4.78 is 16.8. The second kappa shape index (κ2) is 21.1. The lowest BCUT2D eigenvalue weighted by Crippen LogP contribution is -2.50. The van der Waals surface area contributed by atoms with Gasteiger partial charge in [0.1, 0.15) is 22.6 Å². The van der Waals surface area contributed by atoms with Crippen LogP contribution in [-0.4, -0.2) is 144 Å². The van der Waals surface area contributed by atoms with Crippen LogP contribution < -0.4 is 10.9 Å². The highest BCUT2D eigenvalue weighted by Gasteiger charge is 2.26. The molecule has 2 N–H and O–H groups in total. The van der Waals surface area contributed by atoms with Crippen molar-refractivity contribution in [2.24, 2.45) is 0 Å². The first-order valence-electron chi connectivity index (χ1n) is 17.7. The van der Waals surface area contributed by atoms with Crippen LogP contribution in [0.4, 0.5) is 5.82 Å². The normalized spacial score (nSPS) is 16.5. The van der Waals surface area contributed by atoms with Crippen LogP contribution in [0.15, 0.2) is 18.3 Å². The second-order valence-electron chi connectivity index (χ2n) is 15.3. The van der Waals surface area contributed by atoms with E-state index >= 15 is 0 Å². The number of anilines is 1. The first kappa shape index (κ1) is 44.7. The molecule has 1 amide bonds. The molecule has 0 aliphatic carbocycles. The Kier molecular flexibility index (Phi) is 18.9. The van der Waals surface area contributed by atoms with Gasteiger partial charge in [0.15, 0.2) is 0 Å². The minimum absolute atomic E-state index is 0.0585. The van der Waals surface area contributed by atoms with Crippen molar-refractivity contribution in [2.45, 2.75) is 99.9 Å². The summed E-state index contributed by atoms with van der Waals surface area (Å²) in [5.74, 6) is -0.790. The number of hydrogen-bond donors (Lipinski definition) is 2. The Morgan fingerprint density at radius 1 is 0.600 bits per heavy atom. The van der Waals surface area contributed by atoms with Crippen molar-refractivity contribution in [3.05, 3.63) is 23.9 Å². The fourth-order valence-corrected chi connectivity index (χ4v) is 4.80. The van der Waals surface area contributed by atoms with Gasteiger partial charge in [-0.3, -0.25) is 49.6 Å². The molecule has 0 unspecified atom stereocenters. The molecule has 0 atom stereocenters. The van der Waals surface area contributed by atoms with Crippen molar-refractivity contribution in [3.8, 4) is 0 Å². The summed E-state index contributed by atoms with van der Waals surface area (Å²) in [7, 11) is 0. The topological polar surface area (TPSA) is 146 Å². The highest BCUT2D eigenvalue weighted by Crippen LogP contribution is 2.11.